The third-order valence-electron chi connectivity index (χ3n) is 2.28. The zero-order valence-corrected chi connectivity index (χ0v) is 8.86. The van der Waals surface area contributed by atoms with Gasteiger partial charge < -0.3 is 19.9 Å². The van der Waals surface area contributed by atoms with Gasteiger partial charge in [0.1, 0.15) is 12.4 Å². The molecule has 0 bridgehead atoms. The van der Waals surface area contributed by atoms with Gasteiger partial charge in [0.25, 0.3) is 0 Å². The van der Waals surface area contributed by atoms with Crippen LogP contribution in [0.15, 0.2) is 12.1 Å². The van der Waals surface area contributed by atoms with E-state index >= 15 is 0 Å². The lowest BCUT2D eigenvalue weighted by Gasteiger charge is -2.10. The molecule has 0 aliphatic carbocycles. The molecular formula is C12H13NO3. The van der Waals surface area contributed by atoms with Crippen LogP contribution in [0.5, 0.6) is 17.2 Å². The minimum atomic E-state index is 0.233. The average molecular weight is 219 g/mol. The second kappa shape index (κ2) is 4.77. The Hall–Kier alpha value is -1.86. The van der Waals surface area contributed by atoms with Gasteiger partial charge in [-0.15, -0.1) is 6.42 Å². The average Bonchev–Trinajstić information content (AvgIpc) is 2.73. The summed E-state index contributed by atoms with van der Waals surface area (Å²) < 4.78 is 16.0. The van der Waals surface area contributed by atoms with Crippen LogP contribution in [0.3, 0.4) is 0 Å². The highest BCUT2D eigenvalue weighted by molar-refractivity contribution is 5.52. The van der Waals surface area contributed by atoms with Crippen LogP contribution < -0.4 is 19.9 Å². The number of hydrogen-bond donors (Lipinski definition) is 1. The smallest absolute Gasteiger partial charge is 0.231 e. The molecule has 0 spiro atoms. The van der Waals surface area contributed by atoms with E-state index in [0.29, 0.717) is 18.0 Å². The van der Waals surface area contributed by atoms with Gasteiger partial charge in [-0.05, 0) is 24.6 Å². The monoisotopic (exact) mass is 219 g/mol. The molecule has 0 unspecified atom stereocenters. The Morgan fingerprint density at radius 1 is 1.38 bits per heavy atom. The van der Waals surface area contributed by atoms with Crippen LogP contribution in [0.25, 0.3) is 0 Å². The highest BCUT2D eigenvalue weighted by Crippen LogP contribution is 2.38. The van der Waals surface area contributed by atoms with Crippen molar-refractivity contribution in [1.29, 1.82) is 0 Å². The fraction of sp³-hybridized carbons (Fsp3) is 0.333. The van der Waals surface area contributed by atoms with E-state index in [1.54, 1.807) is 6.07 Å². The predicted octanol–water partition coefficient (Wildman–Crippen LogP) is 0.928. The Labute approximate surface area is 94.3 Å². The summed E-state index contributed by atoms with van der Waals surface area (Å²) in [5.41, 5.74) is 6.52. The van der Waals surface area contributed by atoms with Crippen LogP contribution >= 0.6 is 0 Å². The van der Waals surface area contributed by atoms with Crippen LogP contribution in [-0.4, -0.2) is 19.9 Å². The number of terminal acetylenes is 1. The topological polar surface area (TPSA) is 53.7 Å². The Morgan fingerprint density at radius 3 is 2.81 bits per heavy atom. The molecule has 0 atom stereocenters. The molecule has 0 fully saturated rings. The van der Waals surface area contributed by atoms with Crippen molar-refractivity contribution < 1.29 is 14.2 Å². The largest absolute Gasteiger partial charge is 0.481 e. The lowest BCUT2D eigenvalue weighted by Crippen LogP contribution is -2.05. The molecule has 4 heteroatoms. The van der Waals surface area contributed by atoms with Gasteiger partial charge in [0.05, 0.1) is 0 Å². The minimum Gasteiger partial charge on any atom is -0.481 e. The Morgan fingerprint density at radius 2 is 2.12 bits per heavy atom. The summed E-state index contributed by atoms with van der Waals surface area (Å²) >= 11 is 0. The highest BCUT2D eigenvalue weighted by Gasteiger charge is 2.17. The molecule has 1 aliphatic rings. The van der Waals surface area contributed by atoms with Crippen molar-refractivity contribution in [3.8, 4) is 29.6 Å². The summed E-state index contributed by atoms with van der Waals surface area (Å²) in [5, 5.41) is 0. The van der Waals surface area contributed by atoms with Gasteiger partial charge in [-0.3, -0.25) is 0 Å². The van der Waals surface area contributed by atoms with E-state index in [1.165, 1.54) is 0 Å². The van der Waals surface area contributed by atoms with Crippen molar-refractivity contribution in [2.75, 3.05) is 19.9 Å². The summed E-state index contributed by atoms with van der Waals surface area (Å²) in [7, 11) is 0. The van der Waals surface area contributed by atoms with Crippen molar-refractivity contribution in [3.63, 3.8) is 0 Å². The summed E-state index contributed by atoms with van der Waals surface area (Å²) in [6.45, 7) is 1.03. The molecule has 0 saturated carbocycles. The standard InChI is InChI=1S/C12H13NO3/c1-2-5-14-10-7-12-11(15-8-16-12)6-9(10)3-4-13/h1,6-7H,3-5,8,13H2. The first-order valence-electron chi connectivity index (χ1n) is 5.04. The lowest BCUT2D eigenvalue weighted by atomic mass is 10.1. The minimum absolute atomic E-state index is 0.233. The number of fused-ring (bicyclic) bond motifs is 1. The van der Waals surface area contributed by atoms with E-state index in [4.69, 9.17) is 26.4 Å². The molecule has 2 rings (SSSR count). The Bertz CT molecular complexity index is 423. The van der Waals surface area contributed by atoms with Gasteiger partial charge in [-0.1, -0.05) is 5.92 Å². The zero-order chi connectivity index (χ0) is 11.4. The normalized spacial score (nSPS) is 12.2. The molecule has 1 aromatic carbocycles. The number of hydrogen-bond acceptors (Lipinski definition) is 4. The van der Waals surface area contributed by atoms with Crippen molar-refractivity contribution in [2.45, 2.75) is 6.42 Å². The van der Waals surface area contributed by atoms with Gasteiger partial charge in [-0.25, -0.2) is 0 Å². The Kier molecular flexibility index (Phi) is 3.18. The molecule has 1 aliphatic heterocycles. The summed E-state index contributed by atoms with van der Waals surface area (Å²) in [5.74, 6) is 4.56. The molecule has 1 aromatic rings. The third-order valence-corrected chi connectivity index (χ3v) is 2.28. The van der Waals surface area contributed by atoms with Crippen LogP contribution in [0.2, 0.25) is 0 Å². The summed E-state index contributed by atoms with van der Waals surface area (Å²) in [4.78, 5) is 0. The van der Waals surface area contributed by atoms with E-state index in [9.17, 15) is 0 Å². The third kappa shape index (κ3) is 2.05. The number of rotatable bonds is 4. The first-order chi connectivity index (χ1) is 7.85. The molecule has 1 heterocycles. The molecule has 0 aromatic heterocycles. The second-order valence-corrected chi connectivity index (χ2v) is 3.34. The number of benzene rings is 1. The molecule has 4 nitrogen and oxygen atoms in total. The maximum absolute atomic E-state index is 5.54. The molecule has 0 saturated heterocycles. The maximum Gasteiger partial charge on any atom is 0.231 e. The summed E-state index contributed by atoms with van der Waals surface area (Å²) in [6, 6.07) is 3.69. The highest BCUT2D eigenvalue weighted by atomic mass is 16.7. The van der Waals surface area contributed by atoms with E-state index in [0.717, 1.165) is 17.7 Å². The predicted molar refractivity (Wildman–Crippen MR) is 59.7 cm³/mol. The molecular weight excluding hydrogens is 206 g/mol. The first-order valence-corrected chi connectivity index (χ1v) is 5.04. The molecule has 84 valence electrons. The first kappa shape index (κ1) is 10.7. The van der Waals surface area contributed by atoms with Crippen molar-refractivity contribution in [2.24, 2.45) is 5.73 Å². The Balaban J connectivity index is 2.29. The van der Waals surface area contributed by atoms with Crippen LogP contribution in [-0.2, 0) is 6.42 Å². The van der Waals surface area contributed by atoms with E-state index in [2.05, 4.69) is 5.92 Å². The van der Waals surface area contributed by atoms with Crippen LogP contribution in [0.4, 0.5) is 0 Å². The fourth-order valence-corrected chi connectivity index (χ4v) is 1.57. The quantitative estimate of drug-likeness (QED) is 0.765. The van der Waals surface area contributed by atoms with Crippen LogP contribution in [0, 0.1) is 12.3 Å². The second-order valence-electron chi connectivity index (χ2n) is 3.34. The van der Waals surface area contributed by atoms with E-state index < -0.39 is 0 Å². The number of nitrogens with two attached hydrogens (primary N) is 1. The van der Waals surface area contributed by atoms with Gasteiger partial charge in [-0.2, -0.15) is 0 Å². The summed E-state index contributed by atoms with van der Waals surface area (Å²) in [6.07, 6.45) is 5.88. The molecule has 2 N–H and O–H groups in total. The van der Waals surface area contributed by atoms with E-state index in [-0.39, 0.29) is 13.4 Å². The zero-order valence-electron chi connectivity index (χ0n) is 8.86. The molecule has 0 radical (unpaired) electrons. The molecule has 0 amide bonds. The van der Waals surface area contributed by atoms with Gasteiger partial charge in [0.15, 0.2) is 11.5 Å². The van der Waals surface area contributed by atoms with Crippen LogP contribution in [0.1, 0.15) is 5.56 Å². The van der Waals surface area contributed by atoms with Gasteiger partial charge in [0, 0.05) is 6.07 Å². The SMILES string of the molecule is C#CCOc1cc2c(cc1CCN)OCO2. The number of ether oxygens (including phenoxy) is 3. The lowest BCUT2D eigenvalue weighted by molar-refractivity contribution is 0.174. The van der Waals surface area contributed by atoms with Crippen molar-refractivity contribution in [1.82, 2.24) is 0 Å². The fourth-order valence-electron chi connectivity index (χ4n) is 1.57. The van der Waals surface area contributed by atoms with Crippen molar-refractivity contribution in [3.05, 3.63) is 17.7 Å². The van der Waals surface area contributed by atoms with Crippen molar-refractivity contribution >= 4 is 0 Å². The molecule has 16 heavy (non-hydrogen) atoms. The maximum atomic E-state index is 5.54. The van der Waals surface area contributed by atoms with E-state index in [1.807, 2.05) is 6.07 Å². The van der Waals surface area contributed by atoms with Gasteiger partial charge in [0.2, 0.25) is 6.79 Å². The van der Waals surface area contributed by atoms with Gasteiger partial charge >= 0.3 is 0 Å².